The molecule has 1 unspecified atom stereocenters. The van der Waals surface area contributed by atoms with Gasteiger partial charge >= 0.3 is 0 Å². The van der Waals surface area contributed by atoms with Crippen molar-refractivity contribution in [2.24, 2.45) is 0 Å². The van der Waals surface area contributed by atoms with Gasteiger partial charge in [0.2, 0.25) is 0 Å². The van der Waals surface area contributed by atoms with Gasteiger partial charge in [0.05, 0.1) is 12.3 Å². The van der Waals surface area contributed by atoms with Gasteiger partial charge in [0.1, 0.15) is 5.76 Å². The van der Waals surface area contributed by atoms with Crippen LogP contribution in [0.25, 0.3) is 0 Å². The first-order chi connectivity index (χ1) is 11.6. The molecule has 0 bridgehead atoms. The maximum Gasteiger partial charge on any atom is 0.170 e. The van der Waals surface area contributed by atoms with Crippen LogP contribution in [0.3, 0.4) is 0 Å². The Morgan fingerprint density at radius 2 is 1.92 bits per heavy atom. The number of nitrogens with zero attached hydrogens (tertiary/aromatic N) is 1. The van der Waals surface area contributed by atoms with Crippen LogP contribution in [0.4, 0.5) is 5.69 Å². The second-order valence-electron chi connectivity index (χ2n) is 6.49. The zero-order chi connectivity index (χ0) is 16.9. The summed E-state index contributed by atoms with van der Waals surface area (Å²) in [6, 6.07) is 10.6. The van der Waals surface area contributed by atoms with Crippen molar-refractivity contribution in [2.45, 2.75) is 32.7 Å². The summed E-state index contributed by atoms with van der Waals surface area (Å²) in [5, 5.41) is 7.29. The molecule has 1 aliphatic heterocycles. The molecular formula is C19H25N3OS. The van der Waals surface area contributed by atoms with Crippen LogP contribution in [-0.2, 0) is 0 Å². The van der Waals surface area contributed by atoms with E-state index in [-0.39, 0.29) is 6.04 Å². The average Bonchev–Trinajstić information content (AvgIpc) is 3.19. The van der Waals surface area contributed by atoms with Gasteiger partial charge in [0, 0.05) is 12.2 Å². The number of furan rings is 1. The number of hydrogen-bond donors (Lipinski definition) is 2. The van der Waals surface area contributed by atoms with Crippen molar-refractivity contribution in [3.8, 4) is 0 Å². The highest BCUT2D eigenvalue weighted by atomic mass is 32.1. The number of likely N-dealkylation sites (tertiary alicyclic amines) is 1. The van der Waals surface area contributed by atoms with E-state index in [2.05, 4.69) is 47.6 Å². The molecule has 4 nitrogen and oxygen atoms in total. The van der Waals surface area contributed by atoms with Crippen LogP contribution in [0.15, 0.2) is 41.0 Å². The monoisotopic (exact) mass is 343 g/mol. The van der Waals surface area contributed by atoms with E-state index >= 15 is 0 Å². The van der Waals surface area contributed by atoms with E-state index in [9.17, 15) is 0 Å². The molecule has 0 aliphatic carbocycles. The van der Waals surface area contributed by atoms with Crippen molar-refractivity contribution >= 4 is 23.0 Å². The second-order valence-corrected chi connectivity index (χ2v) is 6.89. The minimum Gasteiger partial charge on any atom is -0.468 e. The lowest BCUT2D eigenvalue weighted by Gasteiger charge is -2.26. The van der Waals surface area contributed by atoms with Crippen LogP contribution in [0.5, 0.6) is 0 Å². The van der Waals surface area contributed by atoms with E-state index in [1.807, 2.05) is 12.1 Å². The Balaban J connectivity index is 1.60. The molecule has 2 heterocycles. The van der Waals surface area contributed by atoms with Crippen molar-refractivity contribution < 1.29 is 4.42 Å². The van der Waals surface area contributed by atoms with Gasteiger partial charge in [0.15, 0.2) is 5.11 Å². The lowest BCUT2D eigenvalue weighted by molar-refractivity contribution is 0.216. The first-order valence-corrected chi connectivity index (χ1v) is 8.93. The zero-order valence-electron chi connectivity index (χ0n) is 14.3. The summed E-state index contributed by atoms with van der Waals surface area (Å²) in [6.07, 6.45) is 4.25. The average molecular weight is 343 g/mol. The molecule has 24 heavy (non-hydrogen) atoms. The normalized spacial score (nSPS) is 16.1. The molecule has 0 amide bonds. The topological polar surface area (TPSA) is 40.4 Å². The van der Waals surface area contributed by atoms with Crippen LogP contribution in [0, 0.1) is 13.8 Å². The third-order valence-corrected chi connectivity index (χ3v) is 4.63. The molecule has 1 saturated heterocycles. The zero-order valence-corrected chi connectivity index (χ0v) is 15.2. The number of rotatable bonds is 5. The third-order valence-electron chi connectivity index (χ3n) is 4.39. The fraction of sp³-hybridized carbons (Fsp3) is 0.421. The summed E-state index contributed by atoms with van der Waals surface area (Å²) in [7, 11) is 0. The summed E-state index contributed by atoms with van der Waals surface area (Å²) in [4.78, 5) is 2.46. The maximum absolute atomic E-state index is 5.64. The standard InChI is InChI=1S/C19H25N3OS/c1-14-10-15(2)12-16(11-14)21-19(24)20-13-17(18-6-5-9-23-18)22-7-3-4-8-22/h5-6,9-12,17H,3-4,7-8,13H2,1-2H3,(H2,20,21,24). The fourth-order valence-electron chi connectivity index (χ4n) is 3.36. The van der Waals surface area contributed by atoms with Crippen LogP contribution in [0.2, 0.25) is 0 Å². The molecule has 0 saturated carbocycles. The smallest absolute Gasteiger partial charge is 0.170 e. The lowest BCUT2D eigenvalue weighted by atomic mass is 10.1. The highest BCUT2D eigenvalue weighted by Crippen LogP contribution is 2.25. The van der Waals surface area contributed by atoms with Crippen molar-refractivity contribution in [1.29, 1.82) is 0 Å². The Morgan fingerprint density at radius 1 is 1.21 bits per heavy atom. The second kappa shape index (κ2) is 7.81. The summed E-state index contributed by atoms with van der Waals surface area (Å²) >= 11 is 5.47. The van der Waals surface area contributed by atoms with Gasteiger partial charge in [-0.3, -0.25) is 4.90 Å². The fourth-order valence-corrected chi connectivity index (χ4v) is 3.56. The van der Waals surface area contributed by atoms with E-state index < -0.39 is 0 Å². The Labute approximate surface area is 149 Å². The minimum absolute atomic E-state index is 0.224. The largest absolute Gasteiger partial charge is 0.468 e. The molecule has 1 aromatic heterocycles. The highest BCUT2D eigenvalue weighted by molar-refractivity contribution is 7.80. The number of nitrogens with one attached hydrogen (secondary N) is 2. The van der Waals surface area contributed by atoms with Gasteiger partial charge in [-0.2, -0.15) is 0 Å². The number of anilines is 1. The van der Waals surface area contributed by atoms with Crippen LogP contribution >= 0.6 is 12.2 Å². The van der Waals surface area contributed by atoms with E-state index in [1.54, 1.807) is 6.26 Å². The van der Waals surface area contributed by atoms with Gasteiger partial charge in [-0.15, -0.1) is 0 Å². The Morgan fingerprint density at radius 3 is 2.54 bits per heavy atom. The highest BCUT2D eigenvalue weighted by Gasteiger charge is 2.25. The Bertz CT molecular complexity index is 658. The lowest BCUT2D eigenvalue weighted by Crippen LogP contribution is -2.38. The van der Waals surface area contributed by atoms with Crippen molar-refractivity contribution in [1.82, 2.24) is 10.2 Å². The summed E-state index contributed by atoms with van der Waals surface area (Å²) in [5.74, 6) is 0.999. The molecule has 1 atom stereocenters. The molecule has 1 aromatic carbocycles. The SMILES string of the molecule is Cc1cc(C)cc(NC(=S)NCC(c2ccco2)N2CCCC2)c1. The van der Waals surface area contributed by atoms with Gasteiger partial charge < -0.3 is 15.1 Å². The predicted octanol–water partition coefficient (Wildman–Crippen LogP) is 4.02. The Kier molecular flexibility index (Phi) is 5.53. The molecule has 128 valence electrons. The molecule has 3 rings (SSSR count). The van der Waals surface area contributed by atoms with Gasteiger partial charge in [-0.05, 0) is 87.4 Å². The van der Waals surface area contributed by atoms with E-state index in [0.29, 0.717) is 5.11 Å². The number of hydrogen-bond acceptors (Lipinski definition) is 3. The van der Waals surface area contributed by atoms with Gasteiger partial charge in [-0.1, -0.05) is 6.07 Å². The van der Waals surface area contributed by atoms with Gasteiger partial charge in [-0.25, -0.2) is 0 Å². The first-order valence-electron chi connectivity index (χ1n) is 8.52. The first kappa shape index (κ1) is 17.0. The summed E-state index contributed by atoms with van der Waals surface area (Å²) < 4.78 is 5.64. The molecule has 5 heteroatoms. The van der Waals surface area contributed by atoms with E-state index in [1.165, 1.54) is 24.0 Å². The molecule has 0 spiro atoms. The quantitative estimate of drug-likeness (QED) is 0.803. The minimum atomic E-state index is 0.224. The molecule has 1 fully saturated rings. The number of aryl methyl sites for hydroxylation is 2. The van der Waals surface area contributed by atoms with Crippen molar-refractivity contribution in [3.05, 3.63) is 53.5 Å². The van der Waals surface area contributed by atoms with Crippen LogP contribution in [0.1, 0.15) is 35.8 Å². The number of benzene rings is 1. The number of thiocarbonyl (C=S) groups is 1. The molecule has 2 N–H and O–H groups in total. The summed E-state index contributed by atoms with van der Waals surface area (Å²) in [6.45, 7) is 7.16. The van der Waals surface area contributed by atoms with Crippen molar-refractivity contribution in [3.63, 3.8) is 0 Å². The Hall–Kier alpha value is -1.85. The third kappa shape index (κ3) is 4.36. The molecular weight excluding hydrogens is 318 g/mol. The predicted molar refractivity (Wildman–Crippen MR) is 102 cm³/mol. The molecule has 1 aliphatic rings. The summed E-state index contributed by atoms with van der Waals surface area (Å²) in [5.41, 5.74) is 3.48. The van der Waals surface area contributed by atoms with E-state index in [0.717, 1.165) is 31.1 Å². The van der Waals surface area contributed by atoms with Crippen LogP contribution < -0.4 is 10.6 Å². The van der Waals surface area contributed by atoms with Crippen molar-refractivity contribution in [2.75, 3.05) is 25.0 Å². The maximum atomic E-state index is 5.64. The van der Waals surface area contributed by atoms with E-state index in [4.69, 9.17) is 16.6 Å². The van der Waals surface area contributed by atoms with Gasteiger partial charge in [0.25, 0.3) is 0 Å². The molecule has 0 radical (unpaired) electrons. The molecule has 2 aromatic rings. The van der Waals surface area contributed by atoms with Crippen LogP contribution in [-0.4, -0.2) is 29.6 Å².